The molecule has 0 saturated heterocycles. The fourth-order valence-electron chi connectivity index (χ4n) is 1.32. The van der Waals surface area contributed by atoms with Crippen LogP contribution in [0.15, 0.2) is 15.8 Å². The standard InChI is InChI=1S/C8H11N5O5/c1-2-11-3-5(13(17)18)7(15)12(8(11)16)4-6(14)10-9/h3H,2,4,9H2,1H3,(H,10,14). The molecule has 10 nitrogen and oxygen atoms in total. The second kappa shape index (κ2) is 5.23. The molecule has 0 aliphatic rings. The van der Waals surface area contributed by atoms with Gasteiger partial charge in [-0.05, 0) is 6.92 Å². The minimum Gasteiger partial charge on any atom is -0.294 e. The van der Waals surface area contributed by atoms with Crippen LogP contribution in [0.4, 0.5) is 5.69 Å². The summed E-state index contributed by atoms with van der Waals surface area (Å²) < 4.78 is 1.42. The first-order valence-corrected chi connectivity index (χ1v) is 4.90. The Hall–Kier alpha value is -2.49. The fourth-order valence-corrected chi connectivity index (χ4v) is 1.32. The largest absolute Gasteiger partial charge is 0.350 e. The number of carbonyl (C=O) groups excluding carboxylic acids is 1. The predicted octanol–water partition coefficient (Wildman–Crippen LogP) is -2.07. The first kappa shape index (κ1) is 13.6. The van der Waals surface area contributed by atoms with Crippen LogP contribution in [0.3, 0.4) is 0 Å². The molecule has 1 aromatic heterocycles. The highest BCUT2D eigenvalue weighted by molar-refractivity contribution is 5.74. The lowest BCUT2D eigenvalue weighted by Gasteiger charge is -2.07. The number of hydrogen-bond donors (Lipinski definition) is 2. The van der Waals surface area contributed by atoms with Crippen LogP contribution in [0.25, 0.3) is 0 Å². The Bertz CT molecular complexity index is 601. The molecule has 3 N–H and O–H groups in total. The van der Waals surface area contributed by atoms with E-state index in [0.29, 0.717) is 4.57 Å². The summed E-state index contributed by atoms with van der Waals surface area (Å²) in [5, 5.41) is 10.7. The van der Waals surface area contributed by atoms with Crippen LogP contribution >= 0.6 is 0 Å². The van der Waals surface area contributed by atoms with Crippen LogP contribution in [0.5, 0.6) is 0 Å². The number of nitro groups is 1. The third-order valence-corrected chi connectivity index (χ3v) is 2.22. The van der Waals surface area contributed by atoms with Gasteiger partial charge in [-0.2, -0.15) is 0 Å². The maximum atomic E-state index is 11.7. The van der Waals surface area contributed by atoms with Crippen molar-refractivity contribution in [2.45, 2.75) is 20.0 Å². The molecule has 98 valence electrons. The van der Waals surface area contributed by atoms with Gasteiger partial charge in [-0.15, -0.1) is 0 Å². The van der Waals surface area contributed by atoms with E-state index in [9.17, 15) is 24.5 Å². The topological polar surface area (TPSA) is 142 Å². The normalized spacial score (nSPS) is 10.1. The molecular weight excluding hydrogens is 246 g/mol. The van der Waals surface area contributed by atoms with Gasteiger partial charge in [-0.25, -0.2) is 15.2 Å². The molecule has 0 saturated carbocycles. The number of hydrogen-bond acceptors (Lipinski definition) is 6. The summed E-state index contributed by atoms with van der Waals surface area (Å²) in [5.74, 6) is 4.02. The van der Waals surface area contributed by atoms with E-state index in [0.717, 1.165) is 10.8 Å². The molecule has 1 amide bonds. The number of aromatic nitrogens is 2. The zero-order chi connectivity index (χ0) is 13.9. The van der Waals surface area contributed by atoms with Crippen LogP contribution in [-0.4, -0.2) is 20.0 Å². The second-order valence-corrected chi connectivity index (χ2v) is 3.30. The van der Waals surface area contributed by atoms with Crippen molar-refractivity contribution >= 4 is 11.6 Å². The average molecular weight is 257 g/mol. The minimum absolute atomic E-state index is 0.129. The van der Waals surface area contributed by atoms with Crippen molar-refractivity contribution in [2.24, 2.45) is 5.84 Å². The molecular formula is C8H11N5O5. The highest BCUT2D eigenvalue weighted by Crippen LogP contribution is 2.00. The molecule has 10 heteroatoms. The molecule has 18 heavy (non-hydrogen) atoms. The zero-order valence-corrected chi connectivity index (χ0v) is 9.45. The number of amides is 1. The molecule has 0 unspecified atom stereocenters. The molecule has 1 heterocycles. The van der Waals surface area contributed by atoms with Gasteiger partial charge in [0.1, 0.15) is 6.54 Å². The highest BCUT2D eigenvalue weighted by Gasteiger charge is 2.20. The lowest BCUT2D eigenvalue weighted by atomic mass is 10.4. The molecule has 1 aromatic rings. The monoisotopic (exact) mass is 257 g/mol. The van der Waals surface area contributed by atoms with Gasteiger partial charge in [-0.1, -0.05) is 0 Å². The Morgan fingerprint density at radius 2 is 2.17 bits per heavy atom. The molecule has 0 bridgehead atoms. The van der Waals surface area contributed by atoms with Crippen LogP contribution < -0.4 is 22.5 Å². The summed E-state index contributed by atoms with van der Waals surface area (Å²) in [7, 11) is 0. The minimum atomic E-state index is -1.14. The summed E-state index contributed by atoms with van der Waals surface area (Å²) in [4.78, 5) is 44.2. The summed E-state index contributed by atoms with van der Waals surface area (Å²) in [5.41, 5.74) is -0.988. The number of aryl methyl sites for hydroxylation is 1. The van der Waals surface area contributed by atoms with Crippen LogP contribution in [0.1, 0.15) is 6.92 Å². The van der Waals surface area contributed by atoms with E-state index < -0.39 is 34.3 Å². The summed E-state index contributed by atoms with van der Waals surface area (Å²) in [6.07, 6.45) is 0.849. The van der Waals surface area contributed by atoms with E-state index in [-0.39, 0.29) is 6.54 Å². The Kier molecular flexibility index (Phi) is 3.94. The van der Waals surface area contributed by atoms with E-state index in [1.54, 1.807) is 12.3 Å². The molecule has 0 fully saturated rings. The second-order valence-electron chi connectivity index (χ2n) is 3.30. The maximum absolute atomic E-state index is 11.7. The van der Waals surface area contributed by atoms with Crippen molar-refractivity contribution in [2.75, 3.05) is 0 Å². The van der Waals surface area contributed by atoms with Gasteiger partial charge < -0.3 is 0 Å². The summed E-state index contributed by atoms with van der Waals surface area (Å²) >= 11 is 0. The number of nitrogens with zero attached hydrogens (tertiary/aromatic N) is 3. The number of rotatable bonds is 4. The third-order valence-electron chi connectivity index (χ3n) is 2.22. The first-order valence-electron chi connectivity index (χ1n) is 4.90. The Morgan fingerprint density at radius 1 is 1.56 bits per heavy atom. The Morgan fingerprint density at radius 3 is 2.61 bits per heavy atom. The van der Waals surface area contributed by atoms with Crippen LogP contribution in [0.2, 0.25) is 0 Å². The van der Waals surface area contributed by atoms with Gasteiger partial charge in [-0.3, -0.25) is 29.7 Å². The van der Waals surface area contributed by atoms with Crippen LogP contribution in [0, 0.1) is 10.1 Å². The predicted molar refractivity (Wildman–Crippen MR) is 59.6 cm³/mol. The van der Waals surface area contributed by atoms with Crippen molar-refractivity contribution in [1.82, 2.24) is 14.6 Å². The molecule has 0 atom stereocenters. The number of hydrazine groups is 1. The van der Waals surface area contributed by atoms with Crippen molar-refractivity contribution in [3.63, 3.8) is 0 Å². The fraction of sp³-hybridized carbons (Fsp3) is 0.375. The van der Waals surface area contributed by atoms with E-state index in [2.05, 4.69) is 0 Å². The van der Waals surface area contributed by atoms with Crippen LogP contribution in [-0.2, 0) is 17.9 Å². The number of nitrogens with two attached hydrogens (primary N) is 1. The number of carbonyl (C=O) groups is 1. The molecule has 0 aromatic carbocycles. The van der Waals surface area contributed by atoms with Gasteiger partial charge in [0.05, 0.1) is 11.1 Å². The third kappa shape index (κ3) is 2.43. The Balaban J connectivity index is 3.52. The van der Waals surface area contributed by atoms with E-state index in [1.165, 1.54) is 0 Å². The lowest BCUT2D eigenvalue weighted by Crippen LogP contribution is -2.45. The smallest absolute Gasteiger partial charge is 0.294 e. The van der Waals surface area contributed by atoms with E-state index >= 15 is 0 Å². The Labute approximate surface area is 99.7 Å². The van der Waals surface area contributed by atoms with E-state index in [1.807, 2.05) is 0 Å². The molecule has 0 aliphatic carbocycles. The number of nitrogens with one attached hydrogen (secondary N) is 1. The quantitative estimate of drug-likeness (QED) is 0.274. The zero-order valence-electron chi connectivity index (χ0n) is 9.45. The van der Waals surface area contributed by atoms with E-state index in [4.69, 9.17) is 5.84 Å². The van der Waals surface area contributed by atoms with Gasteiger partial charge >= 0.3 is 16.9 Å². The SMILES string of the molecule is CCn1cc([N+](=O)[O-])c(=O)n(CC(=O)NN)c1=O. The van der Waals surface area contributed by atoms with Crippen molar-refractivity contribution < 1.29 is 9.72 Å². The van der Waals surface area contributed by atoms with Gasteiger partial charge in [0.25, 0.3) is 5.91 Å². The highest BCUT2D eigenvalue weighted by atomic mass is 16.6. The van der Waals surface area contributed by atoms with Crippen molar-refractivity contribution in [1.29, 1.82) is 0 Å². The molecule has 0 spiro atoms. The molecule has 0 aliphatic heterocycles. The average Bonchev–Trinajstić information content (AvgIpc) is 2.33. The summed E-state index contributed by atoms with van der Waals surface area (Å²) in [6, 6.07) is 0. The van der Waals surface area contributed by atoms with Gasteiger partial charge in [0.15, 0.2) is 0 Å². The van der Waals surface area contributed by atoms with Gasteiger partial charge in [0.2, 0.25) is 0 Å². The lowest BCUT2D eigenvalue weighted by molar-refractivity contribution is -0.387. The van der Waals surface area contributed by atoms with Gasteiger partial charge in [0, 0.05) is 6.54 Å². The summed E-state index contributed by atoms with van der Waals surface area (Å²) in [6.45, 7) is 1.03. The maximum Gasteiger partial charge on any atom is 0.350 e. The van der Waals surface area contributed by atoms with Crippen molar-refractivity contribution in [3.8, 4) is 0 Å². The molecule has 0 radical (unpaired) electrons. The van der Waals surface area contributed by atoms with Crippen molar-refractivity contribution in [3.05, 3.63) is 37.1 Å². The molecule has 1 rings (SSSR count). The first-order chi connectivity index (χ1) is 8.42.